The first-order chi connectivity index (χ1) is 10.9. The van der Waals surface area contributed by atoms with Crippen molar-refractivity contribution in [2.24, 2.45) is 0 Å². The monoisotopic (exact) mass is 423 g/mol. The molecule has 0 heterocycles. The number of ether oxygens (including phenoxy) is 1. The Labute approximate surface area is 147 Å². The second-order valence-electron chi connectivity index (χ2n) is 5.09. The first kappa shape index (κ1) is 17.2. The summed E-state index contributed by atoms with van der Waals surface area (Å²) in [6, 6.07) is 10.2. The van der Waals surface area contributed by atoms with Gasteiger partial charge in [-0.1, -0.05) is 40.8 Å². The number of nitro groups is 1. The predicted octanol–water partition coefficient (Wildman–Crippen LogP) is 4.60. The van der Waals surface area contributed by atoms with Crippen LogP contribution in [0.1, 0.15) is 5.56 Å². The predicted molar refractivity (Wildman–Crippen MR) is 96.0 cm³/mol. The van der Waals surface area contributed by atoms with E-state index in [9.17, 15) is 10.1 Å². The van der Waals surface area contributed by atoms with Gasteiger partial charge in [-0.25, -0.2) is 4.85 Å². The average molecular weight is 423 g/mol. The number of hydrogen-bond donors (Lipinski definition) is 0. The van der Waals surface area contributed by atoms with Crippen LogP contribution in [0.15, 0.2) is 36.4 Å². The summed E-state index contributed by atoms with van der Waals surface area (Å²) in [6.45, 7) is 7.73. The molecule has 23 heavy (non-hydrogen) atoms. The van der Waals surface area contributed by atoms with Crippen molar-refractivity contribution >= 4 is 34.0 Å². The van der Waals surface area contributed by atoms with Gasteiger partial charge in [-0.3, -0.25) is 10.1 Å². The summed E-state index contributed by atoms with van der Waals surface area (Å²) in [5.41, 5.74) is 0.957. The third-order valence-corrected chi connectivity index (χ3v) is 3.89. The van der Waals surface area contributed by atoms with Crippen molar-refractivity contribution in [2.45, 2.75) is 6.54 Å². The van der Waals surface area contributed by atoms with Crippen molar-refractivity contribution in [1.82, 2.24) is 4.90 Å². The first-order valence-electron chi connectivity index (χ1n) is 6.68. The zero-order valence-corrected chi connectivity index (χ0v) is 14.8. The van der Waals surface area contributed by atoms with Gasteiger partial charge >= 0.3 is 5.69 Å². The molecule has 0 spiro atoms. The smallest absolute Gasteiger partial charge is 0.301 e. The topological polar surface area (TPSA) is 60.0 Å². The van der Waals surface area contributed by atoms with Gasteiger partial charge in [0, 0.05) is 21.7 Å². The van der Waals surface area contributed by atoms with E-state index in [4.69, 9.17) is 11.3 Å². The van der Waals surface area contributed by atoms with Gasteiger partial charge in [0.2, 0.25) is 11.4 Å². The van der Waals surface area contributed by atoms with Gasteiger partial charge in [0.15, 0.2) is 0 Å². The second kappa shape index (κ2) is 7.39. The maximum Gasteiger partial charge on any atom is 0.301 e. The molecule has 2 aromatic rings. The molecule has 6 nitrogen and oxygen atoms in total. The van der Waals surface area contributed by atoms with E-state index in [1.807, 2.05) is 59.8 Å². The van der Waals surface area contributed by atoms with E-state index in [1.165, 1.54) is 12.1 Å². The van der Waals surface area contributed by atoms with E-state index in [0.717, 1.165) is 5.56 Å². The Morgan fingerprint density at radius 3 is 2.61 bits per heavy atom. The van der Waals surface area contributed by atoms with Crippen molar-refractivity contribution in [3.63, 3.8) is 0 Å². The average Bonchev–Trinajstić information content (AvgIpc) is 2.48. The zero-order valence-electron chi connectivity index (χ0n) is 12.6. The Bertz CT molecular complexity index is 785. The Balaban J connectivity index is 2.47. The highest BCUT2D eigenvalue weighted by Gasteiger charge is 2.20. The lowest BCUT2D eigenvalue weighted by molar-refractivity contribution is -0.385. The quantitative estimate of drug-likeness (QED) is 0.305. The maximum absolute atomic E-state index is 11.3. The molecule has 0 unspecified atom stereocenters. The van der Waals surface area contributed by atoms with Crippen LogP contribution in [0.25, 0.3) is 4.85 Å². The number of nitrogens with zero attached hydrogens (tertiary/aromatic N) is 3. The molecule has 0 radical (unpaired) electrons. The molecule has 7 heteroatoms. The number of nitro benzene ring substituents is 1. The first-order valence-corrected chi connectivity index (χ1v) is 7.76. The molecule has 0 atom stereocenters. The molecule has 0 N–H and O–H groups in total. The molecule has 0 aromatic heterocycles. The summed E-state index contributed by atoms with van der Waals surface area (Å²) in [6.07, 6.45) is 0. The SMILES string of the molecule is [C-]#[N+]c1cc([N+](=O)[O-])c(Oc2ccccc2CN(C)C)cc1I. The van der Waals surface area contributed by atoms with Gasteiger partial charge in [0.1, 0.15) is 5.75 Å². The molecule has 0 aliphatic heterocycles. The third-order valence-electron chi connectivity index (χ3n) is 3.02. The Hall–Kier alpha value is -2.18. The zero-order chi connectivity index (χ0) is 17.0. The fourth-order valence-corrected chi connectivity index (χ4v) is 2.59. The molecule has 2 aromatic carbocycles. The van der Waals surface area contributed by atoms with Crippen molar-refractivity contribution in [3.05, 3.63) is 67.1 Å². The minimum absolute atomic E-state index is 0.137. The van der Waals surface area contributed by atoms with Gasteiger partial charge in [0.05, 0.1) is 11.5 Å². The van der Waals surface area contributed by atoms with Crippen LogP contribution in [0.4, 0.5) is 11.4 Å². The van der Waals surface area contributed by atoms with Crippen molar-refractivity contribution in [1.29, 1.82) is 0 Å². The van der Waals surface area contributed by atoms with Gasteiger partial charge in [0.25, 0.3) is 0 Å². The molecule has 0 bridgehead atoms. The standard InChI is InChI=1S/C16H14IN3O3/c1-18-13-9-14(20(21)22)16(8-12(13)17)23-15-7-5-4-6-11(15)10-19(2)3/h4-9H,10H2,2-3H3. The van der Waals surface area contributed by atoms with E-state index in [1.54, 1.807) is 6.07 Å². The van der Waals surface area contributed by atoms with Crippen LogP contribution in [0.5, 0.6) is 11.5 Å². The number of benzene rings is 2. The molecular weight excluding hydrogens is 409 g/mol. The van der Waals surface area contributed by atoms with Gasteiger partial charge in [-0.2, -0.15) is 0 Å². The van der Waals surface area contributed by atoms with Crippen LogP contribution in [-0.2, 0) is 6.54 Å². The number of hydrogen-bond acceptors (Lipinski definition) is 4. The molecule has 0 fully saturated rings. The van der Waals surface area contributed by atoms with Crippen molar-refractivity contribution in [2.75, 3.05) is 14.1 Å². The van der Waals surface area contributed by atoms with Crippen LogP contribution in [0, 0.1) is 20.3 Å². The lowest BCUT2D eigenvalue weighted by atomic mass is 10.2. The number of rotatable bonds is 5. The van der Waals surface area contributed by atoms with Crippen molar-refractivity contribution < 1.29 is 9.66 Å². The summed E-state index contributed by atoms with van der Waals surface area (Å²) < 4.78 is 6.42. The Morgan fingerprint density at radius 2 is 2.00 bits per heavy atom. The summed E-state index contributed by atoms with van der Waals surface area (Å²) in [7, 11) is 3.87. The van der Waals surface area contributed by atoms with E-state index < -0.39 is 4.92 Å². The molecule has 2 rings (SSSR count). The lowest BCUT2D eigenvalue weighted by Crippen LogP contribution is -2.11. The summed E-state index contributed by atoms with van der Waals surface area (Å²) >= 11 is 1.97. The summed E-state index contributed by atoms with van der Waals surface area (Å²) in [5.74, 6) is 0.702. The molecule has 0 saturated carbocycles. The second-order valence-corrected chi connectivity index (χ2v) is 6.25. The molecule has 0 aliphatic carbocycles. The Morgan fingerprint density at radius 1 is 1.30 bits per heavy atom. The maximum atomic E-state index is 11.3. The van der Waals surface area contributed by atoms with Gasteiger partial charge < -0.3 is 9.64 Å². The van der Waals surface area contributed by atoms with E-state index in [0.29, 0.717) is 15.9 Å². The number of halogens is 1. The van der Waals surface area contributed by atoms with Gasteiger partial charge in [-0.15, -0.1) is 0 Å². The van der Waals surface area contributed by atoms with Crippen LogP contribution in [0.3, 0.4) is 0 Å². The van der Waals surface area contributed by atoms with Crippen LogP contribution < -0.4 is 4.74 Å². The van der Waals surface area contributed by atoms with Crippen LogP contribution >= 0.6 is 22.6 Å². The largest absolute Gasteiger partial charge is 0.450 e. The highest BCUT2D eigenvalue weighted by molar-refractivity contribution is 14.1. The molecule has 0 saturated heterocycles. The minimum atomic E-state index is -0.533. The normalized spacial score (nSPS) is 10.4. The molecular formula is C16H14IN3O3. The van der Waals surface area contributed by atoms with E-state index in [-0.39, 0.29) is 17.1 Å². The lowest BCUT2D eigenvalue weighted by Gasteiger charge is -2.15. The minimum Gasteiger partial charge on any atom is -0.450 e. The fraction of sp³-hybridized carbons (Fsp3) is 0.188. The van der Waals surface area contributed by atoms with Crippen molar-refractivity contribution in [3.8, 4) is 11.5 Å². The van der Waals surface area contributed by atoms with E-state index in [2.05, 4.69) is 4.85 Å². The van der Waals surface area contributed by atoms with Crippen LogP contribution in [-0.4, -0.2) is 23.9 Å². The highest BCUT2D eigenvalue weighted by Crippen LogP contribution is 2.38. The number of para-hydroxylation sites is 1. The molecule has 0 aliphatic rings. The fourth-order valence-electron chi connectivity index (χ4n) is 2.04. The third kappa shape index (κ3) is 4.18. The summed E-state index contributed by atoms with van der Waals surface area (Å²) in [4.78, 5) is 16.0. The van der Waals surface area contributed by atoms with E-state index >= 15 is 0 Å². The Kier molecular flexibility index (Phi) is 5.52. The summed E-state index contributed by atoms with van der Waals surface area (Å²) in [5, 5.41) is 11.3. The highest BCUT2D eigenvalue weighted by atomic mass is 127. The van der Waals surface area contributed by atoms with Gasteiger partial charge in [-0.05, 0) is 26.2 Å². The molecule has 0 amide bonds. The van der Waals surface area contributed by atoms with Crippen LogP contribution in [0.2, 0.25) is 0 Å². The molecule has 118 valence electrons.